The topological polar surface area (TPSA) is 132 Å². The molecule has 154 valence electrons. The normalized spacial score (nSPS) is 46.4. The minimum atomic E-state index is -4.67. The molecule has 7 atom stereocenters. The van der Waals surface area contributed by atoms with Crippen LogP contribution in [-0.4, -0.2) is 45.7 Å². The summed E-state index contributed by atoms with van der Waals surface area (Å²) >= 11 is 0. The number of rotatable bonds is 0. The number of fused-ring (bicyclic) bond motifs is 5. The third-order valence-electron chi connectivity index (χ3n) is 7.89. The number of allylic oxidation sites excluding steroid dienone is 1. The van der Waals surface area contributed by atoms with Crippen molar-refractivity contribution in [3.63, 3.8) is 0 Å². The molecular weight excluding hydrogens is 372 g/mol. The van der Waals surface area contributed by atoms with E-state index in [0.717, 1.165) is 38.5 Å². The predicted molar refractivity (Wildman–Crippen MR) is 98.3 cm³/mol. The maximum atomic E-state index is 12.4. The summed E-state index contributed by atoms with van der Waals surface area (Å²) in [5.41, 5.74) is 0.977. The maximum Gasteiger partial charge on any atom is 0.394 e. The molecule has 0 aromatic rings. The fraction of sp³-hybridized carbons (Fsp3) is 0.842. The second-order valence-electron chi connectivity index (χ2n) is 9.10. The fourth-order valence-corrected chi connectivity index (χ4v) is 6.47. The fourth-order valence-electron chi connectivity index (χ4n) is 6.47. The number of aliphatic hydroxyl groups excluding tert-OH is 2. The lowest BCUT2D eigenvalue weighted by molar-refractivity contribution is -0.135. The third-order valence-corrected chi connectivity index (χ3v) is 7.89. The van der Waals surface area contributed by atoms with Crippen LogP contribution in [0.15, 0.2) is 11.6 Å². The van der Waals surface area contributed by atoms with E-state index in [9.17, 15) is 15.0 Å². The van der Waals surface area contributed by atoms with E-state index in [1.54, 1.807) is 0 Å². The first-order chi connectivity index (χ1) is 12.4. The predicted octanol–water partition coefficient (Wildman–Crippen LogP) is 2.20. The largest absolute Gasteiger partial charge is 0.394 e. The molecule has 0 saturated heterocycles. The van der Waals surface area contributed by atoms with Crippen LogP contribution < -0.4 is 0 Å². The minimum absolute atomic E-state index is 0.109. The zero-order valence-electron chi connectivity index (χ0n) is 15.8. The smallest absolute Gasteiger partial charge is 0.393 e. The number of hydrogen-bond donors (Lipinski definition) is 4. The van der Waals surface area contributed by atoms with Crippen molar-refractivity contribution in [2.24, 2.45) is 28.6 Å². The van der Waals surface area contributed by atoms with Gasteiger partial charge in [0.2, 0.25) is 0 Å². The highest BCUT2D eigenvalue weighted by Gasteiger charge is 2.60. The van der Waals surface area contributed by atoms with E-state index in [0.29, 0.717) is 30.0 Å². The zero-order chi connectivity index (χ0) is 20.2. The van der Waals surface area contributed by atoms with Crippen LogP contribution in [0.4, 0.5) is 0 Å². The first-order valence-electron chi connectivity index (χ1n) is 9.66. The molecule has 0 aromatic carbocycles. The molecule has 4 rings (SSSR count). The first kappa shape index (κ1) is 20.9. The summed E-state index contributed by atoms with van der Waals surface area (Å²) in [4.78, 5) is 12.4. The Labute approximate surface area is 160 Å². The molecule has 3 saturated carbocycles. The van der Waals surface area contributed by atoms with Crippen LogP contribution in [0.3, 0.4) is 0 Å². The number of ketones is 1. The van der Waals surface area contributed by atoms with Gasteiger partial charge in [0.15, 0.2) is 0 Å². The summed E-state index contributed by atoms with van der Waals surface area (Å²) in [7, 11) is -4.67. The van der Waals surface area contributed by atoms with E-state index in [-0.39, 0.29) is 10.8 Å². The Bertz CT molecular complexity index is 737. The summed E-state index contributed by atoms with van der Waals surface area (Å²) < 4.78 is 31.6. The van der Waals surface area contributed by atoms with Gasteiger partial charge in [-0.2, -0.15) is 8.42 Å². The molecule has 4 aliphatic carbocycles. The van der Waals surface area contributed by atoms with Gasteiger partial charge in [-0.3, -0.25) is 13.9 Å². The van der Waals surface area contributed by atoms with Gasteiger partial charge in [0, 0.05) is 23.7 Å². The van der Waals surface area contributed by atoms with Gasteiger partial charge in [-0.1, -0.05) is 25.5 Å². The van der Waals surface area contributed by atoms with E-state index >= 15 is 0 Å². The lowest BCUT2D eigenvalue weighted by Gasteiger charge is -2.58. The standard InChI is InChI=1S/C19H28O3.H2O4S/c1-18-8-7-15-13(14(18)5-6-16(18)21)4-3-11-9-12(20)10-17(22)19(11,15)2;1-5(2,3)4/h3,12-15,17,20,22H,4-10H2,1-2H3;(H2,1,2,3,4)/t12-,13+,14+,15+,17?,18+,19+;/m1./s1. The lowest BCUT2D eigenvalue weighted by atomic mass is 9.47. The van der Waals surface area contributed by atoms with E-state index in [2.05, 4.69) is 19.9 Å². The average molecular weight is 403 g/mol. The summed E-state index contributed by atoms with van der Waals surface area (Å²) in [5, 5.41) is 20.8. The molecule has 7 nitrogen and oxygen atoms in total. The van der Waals surface area contributed by atoms with Crippen molar-refractivity contribution in [3.05, 3.63) is 11.6 Å². The summed E-state index contributed by atoms with van der Waals surface area (Å²) in [6.45, 7) is 4.40. The van der Waals surface area contributed by atoms with Gasteiger partial charge < -0.3 is 10.2 Å². The molecule has 4 N–H and O–H groups in total. The molecular formula is C19H30O7S. The van der Waals surface area contributed by atoms with Gasteiger partial charge in [-0.05, 0) is 49.9 Å². The summed E-state index contributed by atoms with van der Waals surface area (Å²) in [5.74, 6) is 1.96. The SMILES string of the molecule is C[C@]12CC[C@H]3[C@@H](CC=C4C[C@@H](O)CC(O)[C@@]43C)[C@@H]1CCC2=O.O=S(=O)(O)O. The molecule has 1 unspecified atom stereocenters. The number of Topliss-reactive ketones (excluding diaryl/α,β-unsaturated/α-hetero) is 1. The van der Waals surface area contributed by atoms with Gasteiger partial charge in [0.05, 0.1) is 12.2 Å². The van der Waals surface area contributed by atoms with Crippen LogP contribution in [0, 0.1) is 28.6 Å². The van der Waals surface area contributed by atoms with Gasteiger partial charge in [-0.25, -0.2) is 0 Å². The molecule has 0 aliphatic heterocycles. The van der Waals surface area contributed by atoms with E-state index in [1.165, 1.54) is 5.57 Å². The Balaban J connectivity index is 0.000000376. The monoisotopic (exact) mass is 402 g/mol. The van der Waals surface area contributed by atoms with E-state index in [1.807, 2.05) is 0 Å². The molecule has 0 bridgehead atoms. The Kier molecular flexibility index (Phi) is 5.36. The van der Waals surface area contributed by atoms with Crippen LogP contribution in [0.5, 0.6) is 0 Å². The molecule has 8 heteroatoms. The second-order valence-corrected chi connectivity index (χ2v) is 10.00. The molecule has 4 aliphatic rings. The van der Waals surface area contributed by atoms with Crippen LogP contribution in [0.1, 0.15) is 58.8 Å². The molecule has 0 aromatic heterocycles. The van der Waals surface area contributed by atoms with Crippen molar-refractivity contribution in [1.82, 2.24) is 0 Å². The molecule has 0 spiro atoms. The highest BCUT2D eigenvalue weighted by molar-refractivity contribution is 7.79. The van der Waals surface area contributed by atoms with E-state index in [4.69, 9.17) is 17.5 Å². The molecule has 0 heterocycles. The summed E-state index contributed by atoms with van der Waals surface area (Å²) in [6, 6.07) is 0. The zero-order valence-corrected chi connectivity index (χ0v) is 16.7. The third kappa shape index (κ3) is 3.62. The van der Waals surface area contributed by atoms with Gasteiger partial charge >= 0.3 is 10.4 Å². The van der Waals surface area contributed by atoms with Crippen LogP contribution in [0.25, 0.3) is 0 Å². The quantitative estimate of drug-likeness (QED) is 0.361. The van der Waals surface area contributed by atoms with Crippen LogP contribution in [-0.2, 0) is 15.2 Å². The molecule has 3 fully saturated rings. The van der Waals surface area contributed by atoms with Crippen molar-refractivity contribution in [2.75, 3.05) is 0 Å². The van der Waals surface area contributed by atoms with Crippen molar-refractivity contribution >= 4 is 16.2 Å². The molecule has 0 amide bonds. The Morgan fingerprint density at radius 2 is 1.74 bits per heavy atom. The Morgan fingerprint density at radius 3 is 2.37 bits per heavy atom. The number of carbonyl (C=O) groups excluding carboxylic acids is 1. The van der Waals surface area contributed by atoms with Crippen molar-refractivity contribution in [3.8, 4) is 0 Å². The van der Waals surface area contributed by atoms with Gasteiger partial charge in [0.1, 0.15) is 5.78 Å². The second kappa shape index (κ2) is 6.91. The highest BCUT2D eigenvalue weighted by atomic mass is 32.3. The van der Waals surface area contributed by atoms with E-state index < -0.39 is 22.6 Å². The first-order valence-corrected chi connectivity index (χ1v) is 11.1. The Hall–Kier alpha value is -0.800. The average Bonchev–Trinajstić information content (AvgIpc) is 2.83. The summed E-state index contributed by atoms with van der Waals surface area (Å²) in [6.07, 6.45) is 7.51. The molecule has 0 radical (unpaired) electrons. The van der Waals surface area contributed by atoms with Crippen LogP contribution >= 0.6 is 0 Å². The van der Waals surface area contributed by atoms with Crippen molar-refractivity contribution in [2.45, 2.75) is 71.0 Å². The van der Waals surface area contributed by atoms with Gasteiger partial charge in [-0.15, -0.1) is 0 Å². The highest BCUT2D eigenvalue weighted by Crippen LogP contribution is 2.63. The maximum absolute atomic E-state index is 12.4. The van der Waals surface area contributed by atoms with Gasteiger partial charge in [0.25, 0.3) is 0 Å². The lowest BCUT2D eigenvalue weighted by Crippen LogP contribution is -2.55. The number of carbonyl (C=O) groups is 1. The minimum Gasteiger partial charge on any atom is -0.393 e. The van der Waals surface area contributed by atoms with Crippen molar-refractivity contribution < 1.29 is 32.5 Å². The number of hydrogen-bond acceptors (Lipinski definition) is 5. The Morgan fingerprint density at radius 1 is 1.11 bits per heavy atom. The van der Waals surface area contributed by atoms with Crippen LogP contribution in [0.2, 0.25) is 0 Å². The molecule has 27 heavy (non-hydrogen) atoms. The number of aliphatic hydroxyl groups is 2. The van der Waals surface area contributed by atoms with Crippen molar-refractivity contribution in [1.29, 1.82) is 0 Å².